The van der Waals surface area contributed by atoms with Crippen LogP contribution in [0.5, 0.6) is 0 Å². The summed E-state index contributed by atoms with van der Waals surface area (Å²) in [5, 5.41) is 7.72. The molecule has 4 heteroatoms. The Hall–Kier alpha value is -0.350. The first-order chi connectivity index (χ1) is 9.58. The Bertz CT molecular complexity index is 275. The highest BCUT2D eigenvalue weighted by Crippen LogP contribution is 2.24. The number of rotatable bonds is 7. The van der Waals surface area contributed by atoms with E-state index in [1.54, 1.807) is 0 Å². The summed E-state index contributed by atoms with van der Waals surface area (Å²) >= 11 is 5.44. The summed E-state index contributed by atoms with van der Waals surface area (Å²) in [6, 6.07) is 1.57. The molecule has 2 N–H and O–H groups in total. The molecule has 0 aromatic carbocycles. The molecule has 0 radical (unpaired) electrons. The van der Waals surface area contributed by atoms with E-state index in [2.05, 4.69) is 43.2 Å². The van der Waals surface area contributed by atoms with E-state index in [0.717, 1.165) is 5.11 Å². The molecular formula is C16H33N3S. The van der Waals surface area contributed by atoms with Gasteiger partial charge in [-0.05, 0) is 64.8 Å². The van der Waals surface area contributed by atoms with Gasteiger partial charge in [0.05, 0.1) is 0 Å². The van der Waals surface area contributed by atoms with Crippen molar-refractivity contribution in [2.45, 2.75) is 84.3 Å². The second-order valence-corrected chi connectivity index (χ2v) is 6.68. The summed E-state index contributed by atoms with van der Waals surface area (Å²) in [4.78, 5) is 2.68. The molecule has 0 aliphatic heterocycles. The zero-order valence-corrected chi connectivity index (χ0v) is 14.6. The standard InChI is InChI=1S/C16H33N3S/c1-5-11-19(12-6-2)15-10-8-7-9-14(15)18-16(20)17-13(3)4/h13-15H,5-12H2,1-4H3,(H2,17,18,20)/t14-,15-/m1/s1. The molecule has 0 bridgehead atoms. The first-order valence-electron chi connectivity index (χ1n) is 8.39. The topological polar surface area (TPSA) is 27.3 Å². The molecule has 0 heterocycles. The van der Waals surface area contributed by atoms with Crippen LogP contribution >= 0.6 is 12.2 Å². The molecule has 20 heavy (non-hydrogen) atoms. The van der Waals surface area contributed by atoms with Gasteiger partial charge >= 0.3 is 0 Å². The molecule has 0 unspecified atom stereocenters. The molecule has 1 saturated carbocycles. The lowest BCUT2D eigenvalue weighted by atomic mass is 9.89. The van der Waals surface area contributed by atoms with Gasteiger partial charge in [0.2, 0.25) is 0 Å². The van der Waals surface area contributed by atoms with Gasteiger partial charge in [-0.25, -0.2) is 0 Å². The maximum Gasteiger partial charge on any atom is 0.166 e. The van der Waals surface area contributed by atoms with Crippen LogP contribution in [0, 0.1) is 0 Å². The fourth-order valence-electron chi connectivity index (χ4n) is 3.21. The number of nitrogens with zero attached hydrogens (tertiary/aromatic N) is 1. The highest BCUT2D eigenvalue weighted by atomic mass is 32.1. The van der Waals surface area contributed by atoms with E-state index in [0.29, 0.717) is 18.1 Å². The molecule has 1 aliphatic rings. The summed E-state index contributed by atoms with van der Waals surface area (Å²) in [6.07, 6.45) is 7.70. The minimum absolute atomic E-state index is 0.402. The smallest absolute Gasteiger partial charge is 0.166 e. The lowest BCUT2D eigenvalue weighted by Gasteiger charge is -2.41. The normalized spacial score (nSPS) is 23.1. The van der Waals surface area contributed by atoms with Crippen LogP contribution in [0.25, 0.3) is 0 Å². The van der Waals surface area contributed by atoms with Crippen molar-refractivity contribution in [1.29, 1.82) is 0 Å². The Morgan fingerprint density at radius 3 is 2.30 bits per heavy atom. The second kappa shape index (κ2) is 9.56. The highest BCUT2D eigenvalue weighted by Gasteiger charge is 2.29. The van der Waals surface area contributed by atoms with Crippen LogP contribution in [-0.4, -0.2) is 41.2 Å². The highest BCUT2D eigenvalue weighted by molar-refractivity contribution is 7.80. The maximum atomic E-state index is 5.44. The average molecular weight is 300 g/mol. The molecular weight excluding hydrogens is 266 g/mol. The van der Waals surface area contributed by atoms with Gasteiger partial charge in [-0.3, -0.25) is 4.90 Å². The van der Waals surface area contributed by atoms with Crippen molar-refractivity contribution in [3.8, 4) is 0 Å². The predicted molar refractivity (Wildman–Crippen MR) is 92.2 cm³/mol. The van der Waals surface area contributed by atoms with Crippen LogP contribution in [0.1, 0.15) is 66.2 Å². The first kappa shape index (κ1) is 17.7. The first-order valence-corrected chi connectivity index (χ1v) is 8.80. The molecule has 0 aromatic heterocycles. The molecule has 0 aromatic rings. The van der Waals surface area contributed by atoms with Crippen LogP contribution in [-0.2, 0) is 0 Å². The van der Waals surface area contributed by atoms with Crippen molar-refractivity contribution in [1.82, 2.24) is 15.5 Å². The number of thiocarbonyl (C=S) groups is 1. The fourth-order valence-corrected chi connectivity index (χ4v) is 3.59. The summed E-state index contributed by atoms with van der Waals surface area (Å²) in [5.74, 6) is 0. The Morgan fingerprint density at radius 1 is 1.15 bits per heavy atom. The van der Waals surface area contributed by atoms with Gasteiger partial charge in [0.1, 0.15) is 0 Å². The van der Waals surface area contributed by atoms with E-state index >= 15 is 0 Å². The van der Waals surface area contributed by atoms with Crippen molar-refractivity contribution >= 4 is 17.3 Å². The van der Waals surface area contributed by atoms with Gasteiger partial charge in [0.15, 0.2) is 5.11 Å². The SMILES string of the molecule is CCCN(CCC)[C@@H]1CCCC[C@H]1NC(=S)NC(C)C. The molecule has 0 saturated heterocycles. The maximum absolute atomic E-state index is 5.44. The molecule has 2 atom stereocenters. The van der Waals surface area contributed by atoms with Crippen LogP contribution in [0.3, 0.4) is 0 Å². The van der Waals surface area contributed by atoms with E-state index in [-0.39, 0.29) is 0 Å². The number of hydrogen-bond acceptors (Lipinski definition) is 2. The third-order valence-corrected chi connectivity index (χ3v) is 4.19. The van der Waals surface area contributed by atoms with Crippen molar-refractivity contribution in [3.05, 3.63) is 0 Å². The van der Waals surface area contributed by atoms with Gasteiger partial charge in [-0.1, -0.05) is 26.7 Å². The second-order valence-electron chi connectivity index (χ2n) is 6.27. The fraction of sp³-hybridized carbons (Fsp3) is 0.938. The molecule has 3 nitrogen and oxygen atoms in total. The molecule has 0 spiro atoms. The summed E-state index contributed by atoms with van der Waals surface area (Å²) in [5.41, 5.74) is 0. The summed E-state index contributed by atoms with van der Waals surface area (Å²) < 4.78 is 0. The minimum Gasteiger partial charge on any atom is -0.361 e. The Labute approximate surface area is 130 Å². The average Bonchev–Trinajstić information content (AvgIpc) is 2.38. The van der Waals surface area contributed by atoms with Crippen LogP contribution in [0.4, 0.5) is 0 Å². The van der Waals surface area contributed by atoms with Gasteiger partial charge in [-0.2, -0.15) is 0 Å². The van der Waals surface area contributed by atoms with Gasteiger partial charge in [0, 0.05) is 18.1 Å². The van der Waals surface area contributed by atoms with Gasteiger partial charge in [0.25, 0.3) is 0 Å². The number of hydrogen-bond donors (Lipinski definition) is 2. The van der Waals surface area contributed by atoms with Crippen LogP contribution < -0.4 is 10.6 Å². The van der Waals surface area contributed by atoms with Crippen LogP contribution in [0.2, 0.25) is 0 Å². The Balaban J connectivity index is 2.61. The van der Waals surface area contributed by atoms with Crippen molar-refractivity contribution in [2.24, 2.45) is 0 Å². The predicted octanol–water partition coefficient (Wildman–Crippen LogP) is 3.29. The van der Waals surface area contributed by atoms with E-state index in [9.17, 15) is 0 Å². The van der Waals surface area contributed by atoms with Gasteiger partial charge < -0.3 is 10.6 Å². The third kappa shape index (κ3) is 5.96. The quantitative estimate of drug-likeness (QED) is 0.705. The largest absolute Gasteiger partial charge is 0.361 e. The third-order valence-electron chi connectivity index (χ3n) is 3.96. The summed E-state index contributed by atoms with van der Waals surface area (Å²) in [6.45, 7) is 11.2. The molecule has 1 aliphatic carbocycles. The Kier molecular flexibility index (Phi) is 8.46. The van der Waals surface area contributed by atoms with E-state index in [1.807, 2.05) is 0 Å². The zero-order chi connectivity index (χ0) is 15.0. The monoisotopic (exact) mass is 299 g/mol. The van der Waals surface area contributed by atoms with Crippen molar-refractivity contribution in [3.63, 3.8) is 0 Å². The van der Waals surface area contributed by atoms with Crippen LogP contribution in [0.15, 0.2) is 0 Å². The lowest BCUT2D eigenvalue weighted by molar-refractivity contribution is 0.129. The van der Waals surface area contributed by atoms with Gasteiger partial charge in [-0.15, -0.1) is 0 Å². The zero-order valence-electron chi connectivity index (χ0n) is 13.7. The minimum atomic E-state index is 0.402. The molecule has 1 fully saturated rings. The van der Waals surface area contributed by atoms with E-state index in [1.165, 1.54) is 51.6 Å². The number of nitrogens with one attached hydrogen (secondary N) is 2. The summed E-state index contributed by atoms with van der Waals surface area (Å²) in [7, 11) is 0. The molecule has 1 rings (SSSR count). The molecule has 0 amide bonds. The van der Waals surface area contributed by atoms with E-state index < -0.39 is 0 Å². The molecule has 118 valence electrons. The Morgan fingerprint density at radius 2 is 1.75 bits per heavy atom. The van der Waals surface area contributed by atoms with Crippen molar-refractivity contribution in [2.75, 3.05) is 13.1 Å². The van der Waals surface area contributed by atoms with Crippen molar-refractivity contribution < 1.29 is 0 Å². The van der Waals surface area contributed by atoms with E-state index in [4.69, 9.17) is 12.2 Å². The lowest BCUT2D eigenvalue weighted by Crippen LogP contribution is -2.56.